The fraction of sp³-hybridized carbons (Fsp3) is 0.455. The molecule has 4 N–H and O–H groups in total. The lowest BCUT2D eigenvalue weighted by atomic mass is 10.1. The molecule has 5 nitrogen and oxygen atoms in total. The van der Waals surface area contributed by atoms with Crippen LogP contribution in [0, 0.1) is 6.92 Å². The van der Waals surface area contributed by atoms with Gasteiger partial charge in [0.1, 0.15) is 5.82 Å². The van der Waals surface area contributed by atoms with Crippen LogP contribution < -0.4 is 16.4 Å². The van der Waals surface area contributed by atoms with Gasteiger partial charge in [-0.2, -0.15) is 0 Å². The number of primary amides is 1. The van der Waals surface area contributed by atoms with E-state index in [-0.39, 0.29) is 0 Å². The number of nitrogens with two attached hydrogens (primary N) is 2. The number of aryl methyl sites for hydroxylation is 1. The molecule has 0 saturated heterocycles. The SMILES string of the molecule is Cc1ccnc(N(C)CCCN)c1C(N)=O. The minimum atomic E-state index is -0.444. The summed E-state index contributed by atoms with van der Waals surface area (Å²) in [4.78, 5) is 17.5. The highest BCUT2D eigenvalue weighted by Gasteiger charge is 2.15. The molecule has 0 aromatic carbocycles. The zero-order valence-corrected chi connectivity index (χ0v) is 9.73. The average Bonchev–Trinajstić information content (AvgIpc) is 2.24. The van der Waals surface area contributed by atoms with Crippen LogP contribution in [0.2, 0.25) is 0 Å². The van der Waals surface area contributed by atoms with Gasteiger partial charge in [-0.15, -0.1) is 0 Å². The standard InChI is InChI=1S/C11H18N4O/c1-8-4-6-14-11(9(8)10(13)16)15(2)7-3-5-12/h4,6H,3,5,7,12H2,1-2H3,(H2,13,16). The summed E-state index contributed by atoms with van der Waals surface area (Å²) < 4.78 is 0. The van der Waals surface area contributed by atoms with Crippen molar-refractivity contribution in [1.29, 1.82) is 0 Å². The highest BCUT2D eigenvalue weighted by molar-refractivity contribution is 5.99. The lowest BCUT2D eigenvalue weighted by Crippen LogP contribution is -2.26. The van der Waals surface area contributed by atoms with E-state index in [4.69, 9.17) is 11.5 Å². The van der Waals surface area contributed by atoms with Crippen LogP contribution in [0.4, 0.5) is 5.82 Å². The van der Waals surface area contributed by atoms with Gasteiger partial charge in [0, 0.05) is 19.8 Å². The van der Waals surface area contributed by atoms with Crippen LogP contribution in [-0.2, 0) is 0 Å². The van der Waals surface area contributed by atoms with Crippen LogP contribution in [0.15, 0.2) is 12.3 Å². The van der Waals surface area contributed by atoms with Crippen molar-refractivity contribution in [3.63, 3.8) is 0 Å². The first-order valence-corrected chi connectivity index (χ1v) is 5.24. The van der Waals surface area contributed by atoms with Crippen LogP contribution in [-0.4, -0.2) is 31.0 Å². The zero-order chi connectivity index (χ0) is 12.1. The van der Waals surface area contributed by atoms with Crippen molar-refractivity contribution < 1.29 is 4.79 Å². The summed E-state index contributed by atoms with van der Waals surface area (Å²) in [5.41, 5.74) is 12.1. The third-order valence-corrected chi connectivity index (χ3v) is 2.44. The summed E-state index contributed by atoms with van der Waals surface area (Å²) in [6, 6.07) is 1.78. The number of carbonyl (C=O) groups excluding carboxylic acids is 1. The Morgan fingerprint density at radius 1 is 1.56 bits per heavy atom. The topological polar surface area (TPSA) is 85.2 Å². The lowest BCUT2D eigenvalue weighted by Gasteiger charge is -2.20. The molecule has 0 bridgehead atoms. The van der Waals surface area contributed by atoms with Gasteiger partial charge in [-0.1, -0.05) is 0 Å². The van der Waals surface area contributed by atoms with Gasteiger partial charge in [-0.3, -0.25) is 4.79 Å². The fourth-order valence-electron chi connectivity index (χ4n) is 1.57. The Bertz CT molecular complexity index is 378. The lowest BCUT2D eigenvalue weighted by molar-refractivity contribution is 0.1000. The summed E-state index contributed by atoms with van der Waals surface area (Å²) in [5.74, 6) is 0.182. The molecule has 5 heteroatoms. The van der Waals surface area contributed by atoms with Crippen molar-refractivity contribution in [2.24, 2.45) is 11.5 Å². The summed E-state index contributed by atoms with van der Waals surface area (Å²) in [6.45, 7) is 3.22. The van der Waals surface area contributed by atoms with Crippen molar-refractivity contribution >= 4 is 11.7 Å². The molecule has 1 aromatic rings. The van der Waals surface area contributed by atoms with Crippen molar-refractivity contribution in [3.8, 4) is 0 Å². The second-order valence-corrected chi connectivity index (χ2v) is 3.75. The van der Waals surface area contributed by atoms with E-state index in [2.05, 4.69) is 4.98 Å². The largest absolute Gasteiger partial charge is 0.365 e. The Kier molecular flexibility index (Phi) is 4.25. The molecule has 0 radical (unpaired) electrons. The number of nitrogens with zero attached hydrogens (tertiary/aromatic N) is 2. The zero-order valence-electron chi connectivity index (χ0n) is 9.73. The number of amides is 1. The minimum Gasteiger partial charge on any atom is -0.365 e. The molecular weight excluding hydrogens is 204 g/mol. The average molecular weight is 222 g/mol. The Labute approximate surface area is 95.4 Å². The predicted octanol–water partition coefficient (Wildman–Crippen LogP) is 0.274. The second kappa shape index (κ2) is 5.46. The van der Waals surface area contributed by atoms with E-state index in [1.807, 2.05) is 18.9 Å². The maximum absolute atomic E-state index is 11.4. The third kappa shape index (κ3) is 2.70. The fourth-order valence-corrected chi connectivity index (χ4v) is 1.57. The van der Waals surface area contributed by atoms with Gasteiger partial charge >= 0.3 is 0 Å². The first-order chi connectivity index (χ1) is 7.57. The maximum Gasteiger partial charge on any atom is 0.252 e. The number of carbonyl (C=O) groups is 1. The quantitative estimate of drug-likeness (QED) is 0.749. The van der Waals surface area contributed by atoms with E-state index < -0.39 is 5.91 Å². The molecule has 88 valence electrons. The third-order valence-electron chi connectivity index (χ3n) is 2.44. The number of rotatable bonds is 5. The molecule has 0 aliphatic carbocycles. The molecule has 1 rings (SSSR count). The van der Waals surface area contributed by atoms with Gasteiger partial charge in [0.15, 0.2) is 0 Å². The number of pyridine rings is 1. The minimum absolute atomic E-state index is 0.444. The van der Waals surface area contributed by atoms with E-state index in [1.54, 1.807) is 12.3 Å². The Hall–Kier alpha value is -1.62. The van der Waals surface area contributed by atoms with E-state index in [9.17, 15) is 4.79 Å². The first kappa shape index (κ1) is 12.4. The van der Waals surface area contributed by atoms with E-state index in [0.717, 1.165) is 18.5 Å². The number of hydrogen-bond donors (Lipinski definition) is 2. The summed E-state index contributed by atoms with van der Waals surface area (Å²) in [5, 5.41) is 0. The molecule has 16 heavy (non-hydrogen) atoms. The molecule has 0 saturated carbocycles. The molecule has 0 unspecified atom stereocenters. The van der Waals surface area contributed by atoms with Crippen LogP contribution in [0.3, 0.4) is 0 Å². The smallest absolute Gasteiger partial charge is 0.252 e. The van der Waals surface area contributed by atoms with Gasteiger partial charge in [-0.05, 0) is 31.5 Å². The summed E-state index contributed by atoms with van der Waals surface area (Å²) >= 11 is 0. The molecule has 1 amide bonds. The van der Waals surface area contributed by atoms with Crippen LogP contribution in [0.5, 0.6) is 0 Å². The van der Waals surface area contributed by atoms with Crippen molar-refractivity contribution in [3.05, 3.63) is 23.4 Å². The number of hydrogen-bond acceptors (Lipinski definition) is 4. The van der Waals surface area contributed by atoms with Gasteiger partial charge in [-0.25, -0.2) is 4.98 Å². The Morgan fingerprint density at radius 2 is 2.25 bits per heavy atom. The molecule has 0 aliphatic rings. The normalized spacial score (nSPS) is 10.2. The first-order valence-electron chi connectivity index (χ1n) is 5.24. The Morgan fingerprint density at radius 3 is 2.81 bits per heavy atom. The maximum atomic E-state index is 11.4. The van der Waals surface area contributed by atoms with E-state index in [1.165, 1.54) is 0 Å². The van der Waals surface area contributed by atoms with Crippen molar-refractivity contribution in [2.75, 3.05) is 25.0 Å². The molecule has 0 spiro atoms. The number of aromatic nitrogens is 1. The highest BCUT2D eigenvalue weighted by atomic mass is 16.1. The molecule has 0 aliphatic heterocycles. The van der Waals surface area contributed by atoms with E-state index in [0.29, 0.717) is 17.9 Å². The van der Waals surface area contributed by atoms with Crippen molar-refractivity contribution in [2.45, 2.75) is 13.3 Å². The van der Waals surface area contributed by atoms with Gasteiger partial charge in [0.2, 0.25) is 0 Å². The van der Waals surface area contributed by atoms with Crippen LogP contribution in [0.25, 0.3) is 0 Å². The molecule has 1 heterocycles. The molecule has 0 atom stereocenters. The van der Waals surface area contributed by atoms with Gasteiger partial charge in [0.25, 0.3) is 5.91 Å². The van der Waals surface area contributed by atoms with E-state index >= 15 is 0 Å². The second-order valence-electron chi connectivity index (χ2n) is 3.75. The summed E-state index contributed by atoms with van der Waals surface area (Å²) in [7, 11) is 1.88. The van der Waals surface area contributed by atoms with Gasteiger partial charge in [0.05, 0.1) is 5.56 Å². The summed E-state index contributed by atoms with van der Waals surface area (Å²) in [6.07, 6.45) is 2.53. The monoisotopic (exact) mass is 222 g/mol. The molecule has 0 fully saturated rings. The molecule has 1 aromatic heterocycles. The highest BCUT2D eigenvalue weighted by Crippen LogP contribution is 2.19. The van der Waals surface area contributed by atoms with Crippen LogP contribution in [0.1, 0.15) is 22.3 Å². The van der Waals surface area contributed by atoms with Gasteiger partial charge < -0.3 is 16.4 Å². The number of anilines is 1. The molecular formula is C11H18N4O. The predicted molar refractivity (Wildman–Crippen MR) is 64.4 cm³/mol. The Balaban J connectivity index is 3.02. The van der Waals surface area contributed by atoms with Crippen LogP contribution >= 0.6 is 0 Å². The van der Waals surface area contributed by atoms with Crippen molar-refractivity contribution in [1.82, 2.24) is 4.98 Å².